The third-order valence-electron chi connectivity index (χ3n) is 3.71. The first-order valence-corrected chi connectivity index (χ1v) is 8.03. The van der Waals surface area contributed by atoms with E-state index in [1.165, 1.54) is 0 Å². The second-order valence-electron chi connectivity index (χ2n) is 5.88. The van der Waals surface area contributed by atoms with Gasteiger partial charge in [0.25, 0.3) is 5.91 Å². The zero-order valence-electron chi connectivity index (χ0n) is 13.7. The molecule has 0 spiro atoms. The van der Waals surface area contributed by atoms with Crippen molar-refractivity contribution in [3.8, 4) is 0 Å². The molecule has 0 radical (unpaired) electrons. The molecule has 0 heterocycles. The van der Waals surface area contributed by atoms with Gasteiger partial charge < -0.3 is 10.1 Å². The summed E-state index contributed by atoms with van der Waals surface area (Å²) < 4.78 is 5.08. The van der Waals surface area contributed by atoms with Crippen molar-refractivity contribution in [2.75, 3.05) is 7.11 Å². The lowest BCUT2D eigenvalue weighted by Gasteiger charge is -2.23. The monoisotopic (exact) mass is 331 g/mol. The lowest BCUT2D eigenvalue weighted by molar-refractivity contribution is 0.0925. The van der Waals surface area contributed by atoms with E-state index in [1.807, 2.05) is 48.5 Å². The molecule has 0 aromatic heterocycles. The Hall–Kier alpha value is -1.84. The van der Waals surface area contributed by atoms with Gasteiger partial charge in [-0.15, -0.1) is 0 Å². The Balaban J connectivity index is 2.13. The van der Waals surface area contributed by atoms with Gasteiger partial charge in [0, 0.05) is 17.7 Å². The van der Waals surface area contributed by atoms with Gasteiger partial charge in [-0.25, -0.2) is 0 Å². The highest BCUT2D eigenvalue weighted by atomic mass is 35.5. The summed E-state index contributed by atoms with van der Waals surface area (Å²) in [6.07, 6.45) is 0. The summed E-state index contributed by atoms with van der Waals surface area (Å²) in [5, 5.41) is 3.80. The molecule has 3 nitrogen and oxygen atoms in total. The largest absolute Gasteiger partial charge is 0.380 e. The summed E-state index contributed by atoms with van der Waals surface area (Å²) in [5.41, 5.74) is 2.74. The van der Waals surface area contributed by atoms with Crippen molar-refractivity contribution in [1.29, 1.82) is 0 Å². The summed E-state index contributed by atoms with van der Waals surface area (Å²) in [6, 6.07) is 15.0. The van der Waals surface area contributed by atoms with Crippen LogP contribution in [0.5, 0.6) is 0 Å². The minimum Gasteiger partial charge on any atom is -0.380 e. The topological polar surface area (TPSA) is 38.3 Å². The lowest BCUT2D eigenvalue weighted by atomic mass is 9.95. The van der Waals surface area contributed by atoms with Crippen LogP contribution in [0.4, 0.5) is 0 Å². The van der Waals surface area contributed by atoms with E-state index in [9.17, 15) is 4.79 Å². The number of amides is 1. The molecule has 1 amide bonds. The maximum atomic E-state index is 12.5. The summed E-state index contributed by atoms with van der Waals surface area (Å²) in [5.74, 6) is 0.190. The van der Waals surface area contributed by atoms with Gasteiger partial charge in [-0.05, 0) is 41.3 Å². The van der Waals surface area contributed by atoms with Crippen LogP contribution in [-0.2, 0) is 11.3 Å². The van der Waals surface area contributed by atoms with Gasteiger partial charge in [0.2, 0.25) is 0 Å². The number of hydrogen-bond acceptors (Lipinski definition) is 2. The molecule has 0 saturated carbocycles. The Kier molecular flexibility index (Phi) is 6.20. The van der Waals surface area contributed by atoms with E-state index in [1.54, 1.807) is 7.11 Å². The molecule has 2 rings (SSSR count). The summed E-state index contributed by atoms with van der Waals surface area (Å²) in [4.78, 5) is 12.5. The zero-order valence-corrected chi connectivity index (χ0v) is 14.4. The molecule has 0 aliphatic carbocycles. The van der Waals surface area contributed by atoms with Crippen LogP contribution in [0, 0.1) is 5.92 Å². The molecule has 0 bridgehead atoms. The van der Waals surface area contributed by atoms with E-state index >= 15 is 0 Å². The fraction of sp³-hybridized carbons (Fsp3) is 0.316. The Morgan fingerprint density at radius 1 is 1.09 bits per heavy atom. The Morgan fingerprint density at radius 3 is 2.22 bits per heavy atom. The minimum absolute atomic E-state index is 0.0570. The quantitative estimate of drug-likeness (QED) is 0.839. The van der Waals surface area contributed by atoms with Gasteiger partial charge in [-0.2, -0.15) is 0 Å². The lowest BCUT2D eigenvalue weighted by Crippen LogP contribution is -2.31. The van der Waals surface area contributed by atoms with Crippen LogP contribution in [0.25, 0.3) is 0 Å². The van der Waals surface area contributed by atoms with E-state index in [0.717, 1.165) is 11.1 Å². The van der Waals surface area contributed by atoms with Crippen molar-refractivity contribution in [1.82, 2.24) is 5.32 Å². The first kappa shape index (κ1) is 17.5. The Labute approximate surface area is 142 Å². The fourth-order valence-corrected chi connectivity index (χ4v) is 2.57. The van der Waals surface area contributed by atoms with E-state index < -0.39 is 0 Å². The van der Waals surface area contributed by atoms with Crippen LogP contribution >= 0.6 is 11.6 Å². The summed E-state index contributed by atoms with van der Waals surface area (Å²) in [7, 11) is 1.65. The molecule has 2 aromatic carbocycles. The SMILES string of the molecule is COCc1ccc(C(=O)N[C@H](c2ccc(Cl)cc2)C(C)C)cc1. The minimum atomic E-state index is -0.0809. The smallest absolute Gasteiger partial charge is 0.251 e. The van der Waals surface area contributed by atoms with Crippen molar-refractivity contribution in [2.45, 2.75) is 26.5 Å². The number of rotatable bonds is 6. The van der Waals surface area contributed by atoms with Crippen molar-refractivity contribution >= 4 is 17.5 Å². The molecule has 1 N–H and O–H groups in total. The highest BCUT2D eigenvalue weighted by Crippen LogP contribution is 2.23. The number of methoxy groups -OCH3 is 1. The van der Waals surface area contributed by atoms with Gasteiger partial charge in [0.1, 0.15) is 0 Å². The van der Waals surface area contributed by atoms with Crippen molar-refractivity contribution < 1.29 is 9.53 Å². The highest BCUT2D eigenvalue weighted by molar-refractivity contribution is 6.30. The second-order valence-corrected chi connectivity index (χ2v) is 6.31. The third-order valence-corrected chi connectivity index (χ3v) is 3.96. The molecule has 0 unspecified atom stereocenters. The average Bonchev–Trinajstić information content (AvgIpc) is 2.54. The number of ether oxygens (including phenoxy) is 1. The van der Waals surface area contributed by atoms with Gasteiger partial charge in [0.05, 0.1) is 12.6 Å². The van der Waals surface area contributed by atoms with E-state index in [2.05, 4.69) is 19.2 Å². The molecule has 0 fully saturated rings. The molecule has 122 valence electrons. The number of halogens is 1. The van der Waals surface area contributed by atoms with Gasteiger partial charge >= 0.3 is 0 Å². The van der Waals surface area contributed by atoms with E-state index in [4.69, 9.17) is 16.3 Å². The second kappa shape index (κ2) is 8.14. The highest BCUT2D eigenvalue weighted by Gasteiger charge is 2.19. The zero-order chi connectivity index (χ0) is 16.8. The molecule has 2 aromatic rings. The van der Waals surface area contributed by atoms with Crippen LogP contribution in [-0.4, -0.2) is 13.0 Å². The van der Waals surface area contributed by atoms with E-state index in [0.29, 0.717) is 17.2 Å². The predicted octanol–water partition coefficient (Wildman–Crippen LogP) is 4.61. The van der Waals surface area contributed by atoms with Crippen LogP contribution in [0.2, 0.25) is 5.02 Å². The maximum Gasteiger partial charge on any atom is 0.251 e. The molecule has 23 heavy (non-hydrogen) atoms. The Morgan fingerprint density at radius 2 is 1.70 bits per heavy atom. The van der Waals surface area contributed by atoms with Crippen LogP contribution in [0.15, 0.2) is 48.5 Å². The fourth-order valence-electron chi connectivity index (χ4n) is 2.45. The summed E-state index contributed by atoms with van der Waals surface area (Å²) in [6.45, 7) is 4.71. The van der Waals surface area contributed by atoms with Gasteiger partial charge in [-0.1, -0.05) is 49.7 Å². The van der Waals surface area contributed by atoms with Crippen LogP contribution in [0.1, 0.15) is 41.4 Å². The molecule has 0 saturated heterocycles. The first-order valence-electron chi connectivity index (χ1n) is 7.65. The molecular formula is C19H22ClNO2. The molecule has 0 aliphatic heterocycles. The van der Waals surface area contributed by atoms with Crippen LogP contribution in [0.3, 0.4) is 0 Å². The van der Waals surface area contributed by atoms with Crippen LogP contribution < -0.4 is 5.32 Å². The standard InChI is InChI=1S/C19H22ClNO2/c1-13(2)18(15-8-10-17(20)11-9-15)21-19(22)16-6-4-14(5-7-16)12-23-3/h4-11,13,18H,12H2,1-3H3,(H,21,22)/t18-/m0/s1. The molecule has 0 aliphatic rings. The number of carbonyl (C=O) groups is 1. The van der Waals surface area contributed by atoms with Crippen molar-refractivity contribution in [2.24, 2.45) is 5.92 Å². The maximum absolute atomic E-state index is 12.5. The number of nitrogens with one attached hydrogen (secondary N) is 1. The molecular weight excluding hydrogens is 310 g/mol. The van der Waals surface area contributed by atoms with Crippen molar-refractivity contribution in [3.05, 3.63) is 70.2 Å². The average molecular weight is 332 g/mol. The predicted molar refractivity (Wildman–Crippen MR) is 93.7 cm³/mol. The third kappa shape index (κ3) is 4.81. The van der Waals surface area contributed by atoms with Gasteiger partial charge in [-0.3, -0.25) is 4.79 Å². The van der Waals surface area contributed by atoms with E-state index in [-0.39, 0.29) is 17.9 Å². The van der Waals surface area contributed by atoms with Crippen molar-refractivity contribution in [3.63, 3.8) is 0 Å². The number of hydrogen-bond donors (Lipinski definition) is 1. The number of benzene rings is 2. The number of carbonyl (C=O) groups excluding carboxylic acids is 1. The van der Waals surface area contributed by atoms with Gasteiger partial charge in [0.15, 0.2) is 0 Å². The molecule has 4 heteroatoms. The molecule has 1 atom stereocenters. The summed E-state index contributed by atoms with van der Waals surface area (Å²) >= 11 is 5.94. The first-order chi connectivity index (χ1) is 11.0. The Bertz CT molecular complexity index is 635. The normalized spacial score (nSPS) is 12.2.